The Balaban J connectivity index is 1.53. The van der Waals surface area contributed by atoms with Crippen molar-refractivity contribution in [3.63, 3.8) is 0 Å². The topological polar surface area (TPSA) is 43.7 Å². The standard InChI is InChI=1S/C17H24N2O3/c1-18-8-2-3-14(18)17(20)19-9-10-21-15-7-6-13(19)16(15)22-11-12-4-5-12/h2-3,8,12-13,15-16H,4-7,9-11H2,1H3. The molecule has 5 heteroatoms. The van der Waals surface area contributed by atoms with E-state index < -0.39 is 0 Å². The number of fused-ring (bicyclic) bond motifs is 2. The molecule has 120 valence electrons. The quantitative estimate of drug-likeness (QED) is 0.852. The molecule has 0 spiro atoms. The summed E-state index contributed by atoms with van der Waals surface area (Å²) in [6.45, 7) is 2.10. The zero-order valence-corrected chi connectivity index (χ0v) is 13.1. The van der Waals surface area contributed by atoms with Gasteiger partial charge in [0.25, 0.3) is 5.91 Å². The van der Waals surface area contributed by atoms with E-state index in [0.717, 1.165) is 31.1 Å². The summed E-state index contributed by atoms with van der Waals surface area (Å²) in [5.74, 6) is 0.836. The van der Waals surface area contributed by atoms with Crippen molar-refractivity contribution < 1.29 is 14.3 Å². The molecule has 1 aliphatic heterocycles. The third kappa shape index (κ3) is 2.57. The molecule has 2 bridgehead atoms. The maximum absolute atomic E-state index is 12.9. The monoisotopic (exact) mass is 304 g/mol. The normalized spacial score (nSPS) is 31.3. The van der Waals surface area contributed by atoms with Crippen LogP contribution >= 0.6 is 0 Å². The van der Waals surface area contributed by atoms with Crippen molar-refractivity contribution in [1.82, 2.24) is 9.47 Å². The Morgan fingerprint density at radius 2 is 2.23 bits per heavy atom. The number of hydrogen-bond donors (Lipinski definition) is 0. The molecule has 3 fully saturated rings. The molecule has 3 unspecified atom stereocenters. The minimum atomic E-state index is 0.0484. The summed E-state index contributed by atoms with van der Waals surface area (Å²) < 4.78 is 14.0. The van der Waals surface area contributed by atoms with E-state index in [-0.39, 0.29) is 24.2 Å². The fourth-order valence-electron chi connectivity index (χ4n) is 3.72. The third-order valence-corrected chi connectivity index (χ3v) is 5.20. The van der Waals surface area contributed by atoms with Crippen LogP contribution in [0.3, 0.4) is 0 Å². The highest BCUT2D eigenvalue weighted by Crippen LogP contribution is 2.35. The number of rotatable bonds is 4. The van der Waals surface area contributed by atoms with Crippen LogP contribution < -0.4 is 0 Å². The minimum absolute atomic E-state index is 0.0484. The van der Waals surface area contributed by atoms with Crippen LogP contribution in [0.1, 0.15) is 36.2 Å². The molecule has 2 aliphatic carbocycles. The summed E-state index contributed by atoms with van der Waals surface area (Å²) in [7, 11) is 1.92. The fraction of sp³-hybridized carbons (Fsp3) is 0.706. The second kappa shape index (κ2) is 5.70. The van der Waals surface area contributed by atoms with E-state index >= 15 is 0 Å². The first-order valence-corrected chi connectivity index (χ1v) is 8.39. The van der Waals surface area contributed by atoms with E-state index in [9.17, 15) is 4.79 Å². The van der Waals surface area contributed by atoms with E-state index in [1.54, 1.807) is 0 Å². The Bertz CT molecular complexity index is 552. The predicted molar refractivity (Wildman–Crippen MR) is 81.7 cm³/mol. The first kappa shape index (κ1) is 14.3. The van der Waals surface area contributed by atoms with Crippen LogP contribution in [0.4, 0.5) is 0 Å². The molecular weight excluding hydrogens is 280 g/mol. The van der Waals surface area contributed by atoms with Gasteiger partial charge in [-0.25, -0.2) is 0 Å². The molecule has 3 atom stereocenters. The van der Waals surface area contributed by atoms with Crippen molar-refractivity contribution >= 4 is 5.91 Å². The van der Waals surface area contributed by atoms with Crippen LogP contribution in [-0.2, 0) is 16.5 Å². The fourth-order valence-corrected chi connectivity index (χ4v) is 3.72. The van der Waals surface area contributed by atoms with Crippen LogP contribution in [0.25, 0.3) is 0 Å². The Morgan fingerprint density at radius 1 is 1.36 bits per heavy atom. The first-order chi connectivity index (χ1) is 10.7. The van der Waals surface area contributed by atoms with Crippen molar-refractivity contribution in [3.05, 3.63) is 24.0 Å². The lowest BCUT2D eigenvalue weighted by Gasteiger charge is -2.31. The second-order valence-electron chi connectivity index (χ2n) is 6.80. The van der Waals surface area contributed by atoms with Gasteiger partial charge in [0.05, 0.1) is 18.8 Å². The van der Waals surface area contributed by atoms with Gasteiger partial charge >= 0.3 is 0 Å². The third-order valence-electron chi connectivity index (χ3n) is 5.20. The molecule has 22 heavy (non-hydrogen) atoms. The maximum atomic E-state index is 12.9. The van der Waals surface area contributed by atoms with Crippen LogP contribution in [0, 0.1) is 5.92 Å². The minimum Gasteiger partial charge on any atom is -0.374 e. The largest absolute Gasteiger partial charge is 0.374 e. The molecular formula is C17H24N2O3. The summed E-state index contributed by atoms with van der Waals surface area (Å²) >= 11 is 0. The molecule has 5 nitrogen and oxygen atoms in total. The van der Waals surface area contributed by atoms with Crippen molar-refractivity contribution in [2.75, 3.05) is 19.8 Å². The average molecular weight is 304 g/mol. The number of amides is 1. The van der Waals surface area contributed by atoms with E-state index in [0.29, 0.717) is 13.2 Å². The molecule has 2 saturated carbocycles. The van der Waals surface area contributed by atoms with Crippen LogP contribution in [-0.4, -0.2) is 53.4 Å². The number of nitrogens with zero attached hydrogens (tertiary/aromatic N) is 2. The summed E-state index contributed by atoms with van der Waals surface area (Å²) in [4.78, 5) is 14.9. The van der Waals surface area contributed by atoms with Crippen molar-refractivity contribution in [3.8, 4) is 0 Å². The van der Waals surface area contributed by atoms with E-state index in [2.05, 4.69) is 0 Å². The molecule has 0 N–H and O–H groups in total. The molecule has 0 radical (unpaired) electrons. The molecule has 0 aromatic carbocycles. The predicted octanol–water partition coefficient (Wildman–Crippen LogP) is 1.82. The van der Waals surface area contributed by atoms with Gasteiger partial charge in [0, 0.05) is 26.4 Å². The van der Waals surface area contributed by atoms with Gasteiger partial charge in [-0.3, -0.25) is 4.79 Å². The Morgan fingerprint density at radius 3 is 2.95 bits per heavy atom. The summed E-state index contributed by atoms with van der Waals surface area (Å²) in [6.07, 6.45) is 6.68. The molecule has 1 aromatic heterocycles. The molecule has 1 saturated heterocycles. The molecule has 2 heterocycles. The van der Waals surface area contributed by atoms with E-state index in [1.807, 2.05) is 34.8 Å². The Labute approximate surface area is 131 Å². The van der Waals surface area contributed by atoms with Crippen LogP contribution in [0.15, 0.2) is 18.3 Å². The van der Waals surface area contributed by atoms with Gasteiger partial charge in [0.15, 0.2) is 0 Å². The molecule has 1 aromatic rings. The lowest BCUT2D eigenvalue weighted by atomic mass is 10.1. The number of aromatic nitrogens is 1. The van der Waals surface area contributed by atoms with Gasteiger partial charge in [-0.1, -0.05) is 0 Å². The van der Waals surface area contributed by atoms with E-state index in [1.165, 1.54) is 12.8 Å². The van der Waals surface area contributed by atoms with Crippen molar-refractivity contribution in [2.24, 2.45) is 13.0 Å². The van der Waals surface area contributed by atoms with Gasteiger partial charge in [-0.2, -0.15) is 0 Å². The zero-order valence-electron chi connectivity index (χ0n) is 13.1. The molecule has 3 aliphatic rings. The highest BCUT2D eigenvalue weighted by Gasteiger charge is 2.45. The number of ether oxygens (including phenoxy) is 2. The smallest absolute Gasteiger partial charge is 0.270 e. The van der Waals surface area contributed by atoms with Crippen molar-refractivity contribution in [1.29, 1.82) is 0 Å². The van der Waals surface area contributed by atoms with Crippen LogP contribution in [0.5, 0.6) is 0 Å². The Kier molecular flexibility index (Phi) is 3.70. The average Bonchev–Trinajstić information content (AvgIpc) is 3.13. The second-order valence-corrected chi connectivity index (χ2v) is 6.80. The highest BCUT2D eigenvalue weighted by molar-refractivity contribution is 5.93. The zero-order chi connectivity index (χ0) is 15.1. The number of aryl methyl sites for hydroxylation is 1. The summed E-state index contributed by atoms with van der Waals surface area (Å²) in [6, 6.07) is 3.97. The number of carbonyl (C=O) groups is 1. The first-order valence-electron chi connectivity index (χ1n) is 8.39. The van der Waals surface area contributed by atoms with Gasteiger partial charge in [0.1, 0.15) is 11.8 Å². The molecule has 1 amide bonds. The lowest BCUT2D eigenvalue weighted by molar-refractivity contribution is -0.0557. The SMILES string of the molecule is Cn1cccc1C(=O)N1CCOC2CCC1C2OCC1CC1. The number of carbonyl (C=O) groups excluding carboxylic acids is 1. The van der Waals surface area contributed by atoms with Crippen LogP contribution in [0.2, 0.25) is 0 Å². The van der Waals surface area contributed by atoms with Gasteiger partial charge in [0.2, 0.25) is 0 Å². The van der Waals surface area contributed by atoms with Gasteiger partial charge < -0.3 is 18.9 Å². The summed E-state index contributed by atoms with van der Waals surface area (Å²) in [5.41, 5.74) is 0.742. The maximum Gasteiger partial charge on any atom is 0.270 e. The summed E-state index contributed by atoms with van der Waals surface area (Å²) in [5, 5.41) is 0. The van der Waals surface area contributed by atoms with Crippen molar-refractivity contribution in [2.45, 2.75) is 43.9 Å². The highest BCUT2D eigenvalue weighted by atomic mass is 16.5. The lowest BCUT2D eigenvalue weighted by Crippen LogP contribution is -2.47. The van der Waals surface area contributed by atoms with Gasteiger partial charge in [-0.15, -0.1) is 0 Å². The molecule has 4 rings (SSSR count). The number of hydrogen-bond acceptors (Lipinski definition) is 3. The Hall–Kier alpha value is -1.33. The van der Waals surface area contributed by atoms with E-state index in [4.69, 9.17) is 9.47 Å². The van der Waals surface area contributed by atoms with Gasteiger partial charge in [-0.05, 0) is 43.7 Å².